The molecule has 1 nitrogen and oxygen atoms in total. The smallest absolute Gasteiger partial charge is 0.0714 e. The molecule has 92 valence electrons. The first kappa shape index (κ1) is 13.6. The van der Waals surface area contributed by atoms with Crippen LogP contribution in [0.25, 0.3) is 0 Å². The van der Waals surface area contributed by atoms with Crippen molar-refractivity contribution in [3.05, 3.63) is 0 Å². The minimum Gasteiger partial charge on any atom is -0.290 e. The topological polar surface area (TPSA) is 3.24 Å². The largest absolute Gasteiger partial charge is 0.290 e. The molecule has 16 heavy (non-hydrogen) atoms. The lowest BCUT2D eigenvalue weighted by molar-refractivity contribution is 0.254. The summed E-state index contributed by atoms with van der Waals surface area (Å²) in [4.78, 5) is 2.56. The summed E-state index contributed by atoms with van der Waals surface area (Å²) in [5.41, 5.74) is 0. The molecular weight excluding hydrogens is 194 g/mol. The molecule has 0 aromatic rings. The van der Waals surface area contributed by atoms with Crippen molar-refractivity contribution in [2.45, 2.75) is 71.3 Å². The third kappa shape index (κ3) is 5.03. The fourth-order valence-electron chi connectivity index (χ4n) is 2.36. The molecule has 0 bridgehead atoms. The molecule has 0 amide bonds. The summed E-state index contributed by atoms with van der Waals surface area (Å²) in [6, 6.07) is 0.550. The zero-order chi connectivity index (χ0) is 11.6. The highest BCUT2D eigenvalue weighted by molar-refractivity contribution is 5.08. The average Bonchev–Trinajstić information content (AvgIpc) is 2.53. The fraction of sp³-hybridized carbons (Fsp3) is 0.867. The van der Waals surface area contributed by atoms with Crippen LogP contribution in [-0.4, -0.2) is 24.0 Å². The maximum absolute atomic E-state index is 3.50. The second kappa shape index (κ2) is 8.65. The Hall–Kier alpha value is -0.480. The Labute approximate surface area is 102 Å². The van der Waals surface area contributed by atoms with Gasteiger partial charge in [-0.2, -0.15) is 0 Å². The van der Waals surface area contributed by atoms with Gasteiger partial charge in [0.2, 0.25) is 0 Å². The standard InChI is InChI=1S/C15H27N/c1-3-5-6-7-9-12-15-13-10-8-11-14-16(15)4-2/h15H,3-8,10-11,13-14H2,1-2H3. The second-order valence-corrected chi connectivity index (χ2v) is 4.77. The van der Waals surface area contributed by atoms with Crippen molar-refractivity contribution in [3.8, 4) is 11.8 Å². The minimum atomic E-state index is 0.550. The Balaban J connectivity index is 2.35. The predicted octanol–water partition coefficient (Wildman–Crippen LogP) is 3.83. The van der Waals surface area contributed by atoms with Crippen LogP contribution in [0.2, 0.25) is 0 Å². The van der Waals surface area contributed by atoms with E-state index in [4.69, 9.17) is 0 Å². The molecule has 0 aromatic carbocycles. The quantitative estimate of drug-likeness (QED) is 0.515. The number of rotatable bonds is 4. The van der Waals surface area contributed by atoms with E-state index >= 15 is 0 Å². The highest BCUT2D eigenvalue weighted by Crippen LogP contribution is 2.15. The maximum Gasteiger partial charge on any atom is 0.0714 e. The summed E-state index contributed by atoms with van der Waals surface area (Å²) in [5.74, 6) is 6.89. The molecule has 1 saturated heterocycles. The van der Waals surface area contributed by atoms with E-state index in [1.165, 1.54) is 51.5 Å². The molecule has 1 aliphatic heterocycles. The number of likely N-dealkylation sites (tertiary alicyclic amines) is 1. The molecule has 1 heterocycles. The molecule has 1 heteroatoms. The lowest BCUT2D eigenvalue weighted by atomic mass is 10.1. The van der Waals surface area contributed by atoms with Gasteiger partial charge in [0.05, 0.1) is 6.04 Å². The summed E-state index contributed by atoms with van der Waals surface area (Å²) < 4.78 is 0. The Morgan fingerprint density at radius 1 is 1.12 bits per heavy atom. The van der Waals surface area contributed by atoms with E-state index in [0.29, 0.717) is 6.04 Å². The third-order valence-electron chi connectivity index (χ3n) is 3.44. The lowest BCUT2D eigenvalue weighted by Gasteiger charge is -2.24. The van der Waals surface area contributed by atoms with Gasteiger partial charge in [-0.05, 0) is 32.4 Å². The fourth-order valence-corrected chi connectivity index (χ4v) is 2.36. The molecule has 0 spiro atoms. The molecule has 0 N–H and O–H groups in total. The van der Waals surface area contributed by atoms with E-state index in [0.717, 1.165) is 13.0 Å². The van der Waals surface area contributed by atoms with Crippen LogP contribution >= 0.6 is 0 Å². The van der Waals surface area contributed by atoms with E-state index in [-0.39, 0.29) is 0 Å². The van der Waals surface area contributed by atoms with Gasteiger partial charge in [-0.1, -0.05) is 45.5 Å². The van der Waals surface area contributed by atoms with Crippen molar-refractivity contribution < 1.29 is 0 Å². The second-order valence-electron chi connectivity index (χ2n) is 4.77. The first-order valence-corrected chi connectivity index (χ1v) is 7.11. The zero-order valence-corrected chi connectivity index (χ0v) is 11.1. The summed E-state index contributed by atoms with van der Waals surface area (Å²) >= 11 is 0. The Kier molecular flexibility index (Phi) is 7.34. The summed E-state index contributed by atoms with van der Waals surface area (Å²) in [5, 5.41) is 0. The van der Waals surface area contributed by atoms with Crippen molar-refractivity contribution in [2.24, 2.45) is 0 Å². The molecule has 0 aromatic heterocycles. The summed E-state index contributed by atoms with van der Waals surface area (Å²) in [6.45, 7) is 6.92. The van der Waals surface area contributed by atoms with Gasteiger partial charge >= 0.3 is 0 Å². The molecule has 0 aliphatic carbocycles. The molecule has 1 rings (SSSR count). The Morgan fingerprint density at radius 3 is 2.75 bits per heavy atom. The van der Waals surface area contributed by atoms with E-state index in [1.54, 1.807) is 0 Å². The Morgan fingerprint density at radius 2 is 2.00 bits per heavy atom. The molecule has 0 radical (unpaired) electrons. The van der Waals surface area contributed by atoms with Gasteiger partial charge in [0.15, 0.2) is 0 Å². The van der Waals surface area contributed by atoms with Crippen molar-refractivity contribution in [1.82, 2.24) is 4.90 Å². The maximum atomic E-state index is 3.50. The van der Waals surface area contributed by atoms with Crippen LogP contribution in [0.3, 0.4) is 0 Å². The van der Waals surface area contributed by atoms with Crippen LogP contribution < -0.4 is 0 Å². The summed E-state index contributed by atoms with van der Waals surface area (Å²) in [6.07, 6.45) is 10.4. The van der Waals surface area contributed by atoms with Crippen molar-refractivity contribution in [1.29, 1.82) is 0 Å². The number of unbranched alkanes of at least 4 members (excludes halogenated alkanes) is 3. The van der Waals surface area contributed by atoms with E-state index in [9.17, 15) is 0 Å². The molecule has 1 fully saturated rings. The highest BCUT2D eigenvalue weighted by atomic mass is 15.1. The van der Waals surface area contributed by atoms with Crippen LogP contribution in [-0.2, 0) is 0 Å². The Bertz CT molecular complexity index is 223. The van der Waals surface area contributed by atoms with Crippen LogP contribution in [0.5, 0.6) is 0 Å². The molecule has 0 saturated carbocycles. The van der Waals surface area contributed by atoms with E-state index < -0.39 is 0 Å². The normalized spacial score (nSPS) is 22.2. The highest BCUT2D eigenvalue weighted by Gasteiger charge is 2.16. The van der Waals surface area contributed by atoms with Gasteiger partial charge in [0.25, 0.3) is 0 Å². The van der Waals surface area contributed by atoms with Gasteiger partial charge in [0.1, 0.15) is 0 Å². The minimum absolute atomic E-state index is 0.550. The van der Waals surface area contributed by atoms with Gasteiger partial charge in [-0.15, -0.1) is 5.92 Å². The summed E-state index contributed by atoms with van der Waals surface area (Å²) in [7, 11) is 0. The number of nitrogens with zero attached hydrogens (tertiary/aromatic N) is 1. The van der Waals surface area contributed by atoms with Crippen molar-refractivity contribution in [2.75, 3.05) is 13.1 Å². The number of hydrogen-bond donors (Lipinski definition) is 0. The molecular formula is C15H27N. The lowest BCUT2D eigenvalue weighted by Crippen LogP contribution is -2.33. The van der Waals surface area contributed by atoms with Crippen LogP contribution in [0, 0.1) is 11.8 Å². The average molecular weight is 221 g/mol. The van der Waals surface area contributed by atoms with Crippen LogP contribution in [0.15, 0.2) is 0 Å². The SMILES string of the molecule is CCCCCC#CC1CCCCCN1CC. The van der Waals surface area contributed by atoms with E-state index in [1.807, 2.05) is 0 Å². The van der Waals surface area contributed by atoms with Crippen LogP contribution in [0.4, 0.5) is 0 Å². The predicted molar refractivity (Wildman–Crippen MR) is 71.4 cm³/mol. The third-order valence-corrected chi connectivity index (χ3v) is 3.44. The van der Waals surface area contributed by atoms with Gasteiger partial charge in [0, 0.05) is 6.42 Å². The van der Waals surface area contributed by atoms with Gasteiger partial charge < -0.3 is 0 Å². The first-order valence-electron chi connectivity index (χ1n) is 7.11. The number of hydrogen-bond acceptors (Lipinski definition) is 1. The van der Waals surface area contributed by atoms with Gasteiger partial charge in [-0.3, -0.25) is 4.90 Å². The van der Waals surface area contributed by atoms with E-state index in [2.05, 4.69) is 30.6 Å². The van der Waals surface area contributed by atoms with Gasteiger partial charge in [-0.25, -0.2) is 0 Å². The van der Waals surface area contributed by atoms with Crippen LogP contribution in [0.1, 0.15) is 65.2 Å². The van der Waals surface area contributed by atoms with Crippen molar-refractivity contribution in [3.63, 3.8) is 0 Å². The molecule has 1 aliphatic rings. The van der Waals surface area contributed by atoms with Crippen molar-refractivity contribution >= 4 is 0 Å². The first-order chi connectivity index (χ1) is 7.88. The molecule has 1 atom stereocenters. The monoisotopic (exact) mass is 221 g/mol. The molecule has 1 unspecified atom stereocenters. The zero-order valence-electron chi connectivity index (χ0n) is 11.1.